The van der Waals surface area contributed by atoms with E-state index in [4.69, 9.17) is 11.6 Å². The van der Waals surface area contributed by atoms with Crippen molar-refractivity contribution in [2.45, 2.75) is 20.4 Å². The molecular weight excluding hydrogens is 410 g/mol. The Labute approximate surface area is 175 Å². The fraction of sp³-hybridized carbons (Fsp3) is 0.158. The molecule has 0 bridgehead atoms. The Morgan fingerprint density at radius 1 is 1.30 bits per heavy atom. The van der Waals surface area contributed by atoms with Crippen molar-refractivity contribution in [1.29, 1.82) is 0 Å². The minimum Gasteiger partial charge on any atom is -0.319 e. The lowest BCUT2D eigenvalue weighted by molar-refractivity contribution is -0.384. The Balaban J connectivity index is 1.68. The minimum atomic E-state index is -0.560. The number of non-ortho nitro benzene ring substituents is 1. The molecule has 1 N–H and O–H groups in total. The van der Waals surface area contributed by atoms with Gasteiger partial charge in [-0.1, -0.05) is 11.6 Å². The van der Waals surface area contributed by atoms with Crippen molar-refractivity contribution < 1.29 is 9.72 Å². The fourth-order valence-corrected chi connectivity index (χ4v) is 3.35. The summed E-state index contributed by atoms with van der Waals surface area (Å²) in [4.78, 5) is 27.2. The van der Waals surface area contributed by atoms with Gasteiger partial charge < -0.3 is 5.32 Å². The van der Waals surface area contributed by atoms with Gasteiger partial charge in [0.05, 0.1) is 27.5 Å². The standard InChI is InChI=1S/C19H16ClN7O3/c1-3-25-11(2)13(10-22-25)17-6-7-21-18-9-16(24-26(17)18)19(28)23-15-5-4-12(27(29)30)8-14(15)20/h4-10H,3H2,1-2H3,(H,23,28). The van der Waals surface area contributed by atoms with Gasteiger partial charge in [0.25, 0.3) is 11.6 Å². The highest BCUT2D eigenvalue weighted by Gasteiger charge is 2.18. The fourth-order valence-electron chi connectivity index (χ4n) is 3.13. The van der Waals surface area contributed by atoms with Crippen LogP contribution in [0.3, 0.4) is 0 Å². The maximum atomic E-state index is 12.7. The van der Waals surface area contributed by atoms with Crippen LogP contribution < -0.4 is 5.32 Å². The second kappa shape index (κ2) is 7.56. The van der Waals surface area contributed by atoms with E-state index in [1.54, 1.807) is 29.0 Å². The summed E-state index contributed by atoms with van der Waals surface area (Å²) in [6.45, 7) is 4.71. The summed E-state index contributed by atoms with van der Waals surface area (Å²) in [5.74, 6) is -0.511. The van der Waals surface area contributed by atoms with Gasteiger partial charge in [0.2, 0.25) is 0 Å². The Kier molecular flexibility index (Phi) is 4.92. The first-order valence-electron chi connectivity index (χ1n) is 9.02. The zero-order valence-corrected chi connectivity index (χ0v) is 16.8. The van der Waals surface area contributed by atoms with E-state index in [1.165, 1.54) is 18.2 Å². The molecule has 0 aliphatic rings. The van der Waals surface area contributed by atoms with Crippen LogP contribution in [0, 0.1) is 17.0 Å². The van der Waals surface area contributed by atoms with Crippen molar-refractivity contribution in [3.05, 3.63) is 69.3 Å². The lowest BCUT2D eigenvalue weighted by Crippen LogP contribution is -2.13. The molecular formula is C19H16ClN7O3. The molecule has 0 aliphatic heterocycles. The van der Waals surface area contributed by atoms with Crippen molar-refractivity contribution in [3.8, 4) is 11.3 Å². The summed E-state index contributed by atoms with van der Waals surface area (Å²) in [6.07, 6.45) is 3.40. The van der Waals surface area contributed by atoms with E-state index in [0.717, 1.165) is 23.5 Å². The number of nitrogens with zero attached hydrogens (tertiary/aromatic N) is 6. The Morgan fingerprint density at radius 3 is 2.77 bits per heavy atom. The van der Waals surface area contributed by atoms with Gasteiger partial charge in [-0.2, -0.15) is 10.2 Å². The average molecular weight is 426 g/mol. The third-order valence-electron chi connectivity index (χ3n) is 4.68. The van der Waals surface area contributed by atoms with Gasteiger partial charge in [-0.05, 0) is 26.0 Å². The third kappa shape index (κ3) is 3.37. The Hall–Kier alpha value is -3.79. The van der Waals surface area contributed by atoms with E-state index in [2.05, 4.69) is 20.5 Å². The summed E-state index contributed by atoms with van der Waals surface area (Å²) >= 11 is 6.06. The highest BCUT2D eigenvalue weighted by Crippen LogP contribution is 2.27. The van der Waals surface area contributed by atoms with E-state index in [0.29, 0.717) is 5.65 Å². The molecule has 152 valence electrons. The second-order valence-electron chi connectivity index (χ2n) is 6.46. The normalized spacial score (nSPS) is 11.0. The highest BCUT2D eigenvalue weighted by atomic mass is 35.5. The molecule has 30 heavy (non-hydrogen) atoms. The molecule has 3 heterocycles. The maximum absolute atomic E-state index is 12.7. The van der Waals surface area contributed by atoms with Crippen LogP contribution in [-0.2, 0) is 6.54 Å². The van der Waals surface area contributed by atoms with Crippen molar-refractivity contribution in [2.75, 3.05) is 5.32 Å². The smallest absolute Gasteiger partial charge is 0.276 e. The predicted octanol–water partition coefficient (Wildman–Crippen LogP) is 3.74. The quantitative estimate of drug-likeness (QED) is 0.384. The number of hydrogen-bond acceptors (Lipinski definition) is 6. The van der Waals surface area contributed by atoms with Crippen LogP contribution in [0.1, 0.15) is 23.1 Å². The SMILES string of the molecule is CCn1ncc(-c2ccnc3cc(C(=O)Nc4ccc([N+](=O)[O-])cc4Cl)nn23)c1C. The molecule has 0 saturated carbocycles. The van der Waals surface area contributed by atoms with Crippen LogP contribution in [0.2, 0.25) is 5.02 Å². The van der Waals surface area contributed by atoms with E-state index < -0.39 is 10.8 Å². The van der Waals surface area contributed by atoms with Gasteiger partial charge in [0.15, 0.2) is 11.3 Å². The Bertz CT molecular complexity index is 1290. The van der Waals surface area contributed by atoms with Crippen LogP contribution in [0.4, 0.5) is 11.4 Å². The topological polar surface area (TPSA) is 120 Å². The second-order valence-corrected chi connectivity index (χ2v) is 6.87. The van der Waals surface area contributed by atoms with Crippen LogP contribution in [0.5, 0.6) is 0 Å². The number of amides is 1. The number of nitro groups is 1. The van der Waals surface area contributed by atoms with Gasteiger partial charge in [-0.25, -0.2) is 9.50 Å². The zero-order chi connectivity index (χ0) is 21.4. The van der Waals surface area contributed by atoms with Crippen molar-refractivity contribution in [3.63, 3.8) is 0 Å². The molecule has 0 fully saturated rings. The van der Waals surface area contributed by atoms with E-state index in [-0.39, 0.29) is 22.1 Å². The molecule has 1 aromatic carbocycles. The number of benzene rings is 1. The molecule has 0 spiro atoms. The van der Waals surface area contributed by atoms with Gasteiger partial charge >= 0.3 is 0 Å². The van der Waals surface area contributed by atoms with Crippen LogP contribution in [-0.4, -0.2) is 35.2 Å². The van der Waals surface area contributed by atoms with E-state index in [1.807, 2.05) is 18.5 Å². The maximum Gasteiger partial charge on any atom is 0.276 e. The molecule has 4 rings (SSSR count). The number of halogens is 1. The number of aromatic nitrogens is 5. The number of hydrogen-bond donors (Lipinski definition) is 1. The van der Waals surface area contributed by atoms with Gasteiger partial charge in [0.1, 0.15) is 0 Å². The Morgan fingerprint density at radius 2 is 2.10 bits per heavy atom. The lowest BCUT2D eigenvalue weighted by atomic mass is 10.2. The number of nitrogens with one attached hydrogen (secondary N) is 1. The van der Waals surface area contributed by atoms with Crippen LogP contribution >= 0.6 is 11.6 Å². The predicted molar refractivity (Wildman–Crippen MR) is 111 cm³/mol. The molecule has 1 amide bonds. The average Bonchev–Trinajstić information content (AvgIpc) is 3.32. The summed E-state index contributed by atoms with van der Waals surface area (Å²) < 4.78 is 3.45. The zero-order valence-electron chi connectivity index (χ0n) is 16.0. The minimum absolute atomic E-state index is 0.0581. The molecule has 0 aliphatic carbocycles. The first kappa shape index (κ1) is 19.5. The number of rotatable bonds is 5. The monoisotopic (exact) mass is 425 g/mol. The summed E-state index contributed by atoms with van der Waals surface area (Å²) in [7, 11) is 0. The number of nitro benzene ring substituents is 1. The molecule has 11 heteroatoms. The summed E-state index contributed by atoms with van der Waals surface area (Å²) in [6, 6.07) is 7.17. The number of aryl methyl sites for hydroxylation is 1. The van der Waals surface area contributed by atoms with Crippen molar-refractivity contribution in [2.24, 2.45) is 0 Å². The van der Waals surface area contributed by atoms with Crippen molar-refractivity contribution in [1.82, 2.24) is 24.4 Å². The third-order valence-corrected chi connectivity index (χ3v) is 4.99. The van der Waals surface area contributed by atoms with Crippen LogP contribution in [0.25, 0.3) is 16.9 Å². The molecule has 4 aromatic rings. The molecule has 0 atom stereocenters. The number of fused-ring (bicyclic) bond motifs is 1. The number of carbonyl (C=O) groups excluding carboxylic acids is 1. The summed E-state index contributed by atoms with van der Waals surface area (Å²) in [5, 5.41) is 22.3. The molecule has 3 aromatic heterocycles. The van der Waals surface area contributed by atoms with Crippen molar-refractivity contribution >= 4 is 34.5 Å². The van der Waals surface area contributed by atoms with Gasteiger partial charge in [-0.3, -0.25) is 19.6 Å². The molecule has 0 radical (unpaired) electrons. The van der Waals surface area contributed by atoms with Gasteiger partial charge in [0, 0.05) is 42.2 Å². The summed E-state index contributed by atoms with van der Waals surface area (Å²) in [5.41, 5.74) is 3.33. The van der Waals surface area contributed by atoms with E-state index in [9.17, 15) is 14.9 Å². The highest BCUT2D eigenvalue weighted by molar-refractivity contribution is 6.34. The lowest BCUT2D eigenvalue weighted by Gasteiger charge is -2.06. The first-order chi connectivity index (χ1) is 14.4. The number of anilines is 1. The molecule has 0 saturated heterocycles. The van der Waals surface area contributed by atoms with Crippen LogP contribution in [0.15, 0.2) is 42.7 Å². The van der Waals surface area contributed by atoms with E-state index >= 15 is 0 Å². The molecule has 10 nitrogen and oxygen atoms in total. The molecule has 0 unspecified atom stereocenters. The van der Waals surface area contributed by atoms with Gasteiger partial charge in [-0.15, -0.1) is 0 Å². The largest absolute Gasteiger partial charge is 0.319 e. The number of carbonyl (C=O) groups is 1. The first-order valence-corrected chi connectivity index (χ1v) is 9.39.